The highest BCUT2D eigenvalue weighted by atomic mass is 35.5. The lowest BCUT2D eigenvalue weighted by atomic mass is 9.90. The zero-order valence-electron chi connectivity index (χ0n) is 15.4. The molecule has 0 aliphatic carbocycles. The Morgan fingerprint density at radius 2 is 2.08 bits per heavy atom. The van der Waals surface area contributed by atoms with Gasteiger partial charge in [-0.15, -0.1) is 0 Å². The first kappa shape index (κ1) is 17.8. The van der Waals surface area contributed by atoms with Crippen molar-refractivity contribution < 1.29 is 9.26 Å². The van der Waals surface area contributed by atoms with Gasteiger partial charge >= 0.3 is 0 Å². The summed E-state index contributed by atoms with van der Waals surface area (Å²) in [5, 5.41) is 4.89. The van der Waals surface area contributed by atoms with Crippen molar-refractivity contribution in [2.24, 2.45) is 0 Å². The van der Waals surface area contributed by atoms with Crippen LogP contribution in [0.25, 0.3) is 11.4 Å². The Balaban J connectivity index is 1.55. The summed E-state index contributed by atoms with van der Waals surface area (Å²) < 4.78 is 11.0. The van der Waals surface area contributed by atoms with E-state index < -0.39 is 0 Å². The van der Waals surface area contributed by atoms with Gasteiger partial charge < -0.3 is 19.1 Å². The van der Waals surface area contributed by atoms with Gasteiger partial charge in [0.1, 0.15) is 0 Å². The van der Waals surface area contributed by atoms with Crippen LogP contribution in [0.2, 0.25) is 5.02 Å². The number of ether oxygens (including phenoxy) is 1. The summed E-state index contributed by atoms with van der Waals surface area (Å²) in [4.78, 5) is 9.32. The second-order valence-corrected chi connectivity index (χ2v) is 8.00. The molecular weight excluding hydrogens is 352 g/mol. The number of nitrogens with zero attached hydrogens (tertiary/aromatic N) is 4. The average molecular weight is 377 g/mol. The zero-order valence-corrected chi connectivity index (χ0v) is 16.1. The molecule has 4 rings (SSSR count). The third-order valence-corrected chi connectivity index (χ3v) is 5.73. The van der Waals surface area contributed by atoms with Gasteiger partial charge in [0, 0.05) is 31.8 Å². The lowest BCUT2D eigenvalue weighted by molar-refractivity contribution is 0.169. The quantitative estimate of drug-likeness (QED) is 0.819. The van der Waals surface area contributed by atoms with Crippen LogP contribution in [-0.4, -0.2) is 61.5 Å². The summed E-state index contributed by atoms with van der Waals surface area (Å²) in [6.07, 6.45) is 2.04. The maximum absolute atomic E-state index is 6.60. The van der Waals surface area contributed by atoms with E-state index in [9.17, 15) is 0 Å². The van der Waals surface area contributed by atoms with Gasteiger partial charge in [-0.3, -0.25) is 0 Å². The Morgan fingerprint density at radius 1 is 1.19 bits per heavy atom. The predicted molar refractivity (Wildman–Crippen MR) is 102 cm³/mol. The molecule has 3 heterocycles. The van der Waals surface area contributed by atoms with Crippen LogP contribution in [0.1, 0.15) is 25.7 Å². The summed E-state index contributed by atoms with van der Waals surface area (Å²) in [7, 11) is 2.16. The van der Waals surface area contributed by atoms with E-state index in [2.05, 4.69) is 40.0 Å². The Hall–Kier alpha value is -1.63. The Labute approximate surface area is 159 Å². The largest absolute Gasteiger partial charge is 0.380 e. The van der Waals surface area contributed by atoms with Crippen LogP contribution < -0.4 is 4.90 Å². The predicted octanol–water partition coefficient (Wildman–Crippen LogP) is 3.21. The summed E-state index contributed by atoms with van der Waals surface area (Å²) in [5.74, 6) is 1.22. The van der Waals surface area contributed by atoms with Gasteiger partial charge in [0.2, 0.25) is 11.7 Å². The molecule has 1 unspecified atom stereocenters. The van der Waals surface area contributed by atoms with Crippen LogP contribution in [0.4, 0.5) is 5.69 Å². The molecule has 2 aliphatic rings. The van der Waals surface area contributed by atoms with E-state index in [0.29, 0.717) is 18.3 Å². The fourth-order valence-electron chi connectivity index (χ4n) is 3.61. The molecule has 6 nitrogen and oxygen atoms in total. The van der Waals surface area contributed by atoms with Gasteiger partial charge in [0.05, 0.1) is 22.7 Å². The fourth-order valence-corrected chi connectivity index (χ4v) is 3.91. The number of anilines is 1. The highest BCUT2D eigenvalue weighted by molar-refractivity contribution is 6.33. The molecule has 1 atom stereocenters. The van der Waals surface area contributed by atoms with Gasteiger partial charge in [0.25, 0.3) is 0 Å². The molecule has 0 spiro atoms. The highest BCUT2D eigenvalue weighted by Gasteiger charge is 2.37. The Bertz CT molecular complexity index is 773. The first-order valence-corrected chi connectivity index (χ1v) is 9.58. The third-order valence-electron chi connectivity index (χ3n) is 5.43. The van der Waals surface area contributed by atoms with Crippen LogP contribution in [-0.2, 0) is 10.2 Å². The molecule has 0 bridgehead atoms. The van der Waals surface area contributed by atoms with Crippen LogP contribution in [0.3, 0.4) is 0 Å². The maximum atomic E-state index is 6.60. The van der Waals surface area contributed by atoms with Crippen molar-refractivity contribution >= 4 is 17.3 Å². The summed E-state index contributed by atoms with van der Waals surface area (Å²) in [6.45, 7) is 7.64. The molecule has 2 aromatic rings. The van der Waals surface area contributed by atoms with Gasteiger partial charge in [-0.25, -0.2) is 0 Å². The normalized spacial score (nSPS) is 24.8. The Kier molecular flexibility index (Phi) is 4.90. The summed E-state index contributed by atoms with van der Waals surface area (Å²) in [5.41, 5.74) is 1.77. The van der Waals surface area contributed by atoms with Crippen LogP contribution >= 0.6 is 11.6 Å². The molecule has 2 saturated heterocycles. The molecule has 0 amide bonds. The van der Waals surface area contributed by atoms with Gasteiger partial charge in [-0.05, 0) is 51.6 Å². The molecule has 0 N–H and O–H groups in total. The van der Waals surface area contributed by atoms with E-state index in [1.54, 1.807) is 0 Å². The van der Waals surface area contributed by atoms with Crippen molar-refractivity contribution in [3.63, 3.8) is 0 Å². The minimum atomic E-state index is -0.187. The molecule has 7 heteroatoms. The number of likely N-dealkylation sites (N-methyl/N-ethyl adjacent to an activating group) is 1. The van der Waals surface area contributed by atoms with E-state index >= 15 is 0 Å². The molecule has 2 aliphatic heterocycles. The number of aromatic nitrogens is 2. The van der Waals surface area contributed by atoms with E-state index in [1.807, 2.05) is 12.1 Å². The van der Waals surface area contributed by atoms with E-state index in [4.69, 9.17) is 20.9 Å². The molecule has 26 heavy (non-hydrogen) atoms. The maximum Gasteiger partial charge on any atom is 0.235 e. The van der Waals surface area contributed by atoms with Crippen molar-refractivity contribution in [1.82, 2.24) is 15.0 Å². The average Bonchev–Trinajstić information content (AvgIpc) is 3.24. The SMILES string of the molecule is CN1CCCN(c2ccc(-c3noc(C4(C)CCOC4)n3)cc2Cl)CC1. The van der Waals surface area contributed by atoms with Crippen LogP contribution in [0, 0.1) is 0 Å². The summed E-state index contributed by atoms with van der Waals surface area (Å²) >= 11 is 6.60. The fraction of sp³-hybridized carbons (Fsp3) is 0.579. The number of hydrogen-bond donors (Lipinski definition) is 0. The van der Waals surface area contributed by atoms with Gasteiger partial charge in [-0.2, -0.15) is 4.98 Å². The zero-order chi connectivity index (χ0) is 18.1. The Morgan fingerprint density at radius 3 is 2.85 bits per heavy atom. The van der Waals surface area contributed by atoms with E-state index in [1.165, 1.54) is 0 Å². The van der Waals surface area contributed by atoms with Crippen LogP contribution in [0.15, 0.2) is 22.7 Å². The smallest absolute Gasteiger partial charge is 0.235 e. The summed E-state index contributed by atoms with van der Waals surface area (Å²) in [6, 6.07) is 6.03. The molecule has 140 valence electrons. The molecule has 0 radical (unpaired) electrons. The van der Waals surface area contributed by atoms with Crippen molar-refractivity contribution in [2.45, 2.75) is 25.2 Å². The van der Waals surface area contributed by atoms with Crippen molar-refractivity contribution in [3.05, 3.63) is 29.1 Å². The molecular formula is C19H25ClN4O2. The second kappa shape index (κ2) is 7.18. The van der Waals surface area contributed by atoms with Crippen LogP contribution in [0.5, 0.6) is 0 Å². The first-order valence-electron chi connectivity index (χ1n) is 9.20. The van der Waals surface area contributed by atoms with Crippen molar-refractivity contribution in [2.75, 3.05) is 51.3 Å². The van der Waals surface area contributed by atoms with Gasteiger partial charge in [0.15, 0.2) is 0 Å². The number of hydrogen-bond acceptors (Lipinski definition) is 6. The molecule has 2 fully saturated rings. The third kappa shape index (κ3) is 3.46. The minimum absolute atomic E-state index is 0.187. The lowest BCUT2D eigenvalue weighted by Crippen LogP contribution is -2.28. The standard InChI is InChI=1S/C19H25ClN4O2/c1-19(6-11-25-13-19)18-21-17(22-26-18)14-4-5-16(15(20)12-14)24-8-3-7-23(2)9-10-24/h4-5,12H,3,6-11,13H2,1-2H3. The number of halogens is 1. The van der Waals surface area contributed by atoms with E-state index in [0.717, 1.165) is 61.9 Å². The van der Waals surface area contributed by atoms with Crippen molar-refractivity contribution in [1.29, 1.82) is 0 Å². The molecule has 1 aromatic heterocycles. The first-order chi connectivity index (χ1) is 12.5. The highest BCUT2D eigenvalue weighted by Crippen LogP contribution is 2.34. The topological polar surface area (TPSA) is 54.6 Å². The number of benzene rings is 1. The van der Waals surface area contributed by atoms with E-state index in [-0.39, 0.29) is 5.41 Å². The van der Waals surface area contributed by atoms with Gasteiger partial charge in [-0.1, -0.05) is 16.8 Å². The monoisotopic (exact) mass is 376 g/mol. The lowest BCUT2D eigenvalue weighted by Gasteiger charge is -2.24. The molecule has 0 saturated carbocycles. The van der Waals surface area contributed by atoms with Crippen molar-refractivity contribution in [3.8, 4) is 11.4 Å². The molecule has 1 aromatic carbocycles. The second-order valence-electron chi connectivity index (χ2n) is 7.60. The minimum Gasteiger partial charge on any atom is -0.380 e. The number of rotatable bonds is 3.